The quantitative estimate of drug-likeness (QED) is 0.0585. The number of benzene rings is 4. The number of halogens is 5. The second-order valence-electron chi connectivity index (χ2n) is 16.7. The lowest BCUT2D eigenvalue weighted by molar-refractivity contribution is 0.0695. The Kier molecular flexibility index (Phi) is 16.0. The number of aromatic carboxylic acids is 1. The molecule has 0 unspecified atom stereocenters. The van der Waals surface area contributed by atoms with Gasteiger partial charge < -0.3 is 47.6 Å². The average Bonchev–Trinajstić information content (AvgIpc) is 3.38. The topological polar surface area (TPSA) is 254 Å². The molecule has 4 aromatic carbocycles. The number of aliphatic imine (C=N–C) groups is 5. The molecule has 2 aromatic heterocycles. The van der Waals surface area contributed by atoms with Crippen molar-refractivity contribution in [1.29, 1.82) is 0 Å². The molecule has 6 aromatic rings. The van der Waals surface area contributed by atoms with Gasteiger partial charge in [0.25, 0.3) is 0 Å². The summed E-state index contributed by atoms with van der Waals surface area (Å²) < 4.78 is 72.9. The molecule has 2 fully saturated rings. The molecular formula is C49H49F5N16O3S. The molecular weight excluding hydrogens is 988 g/mol. The van der Waals surface area contributed by atoms with Crippen LogP contribution in [0.25, 0.3) is 16.7 Å². The molecule has 0 radical (unpaired) electrons. The van der Waals surface area contributed by atoms with E-state index in [0.717, 1.165) is 44.8 Å². The molecule has 2 aliphatic rings. The number of hydrogen-bond donors (Lipinski definition) is 5. The zero-order valence-corrected chi connectivity index (χ0v) is 40.4. The molecule has 0 bridgehead atoms. The van der Waals surface area contributed by atoms with E-state index >= 15 is 4.39 Å². The van der Waals surface area contributed by atoms with Crippen LogP contribution in [0.5, 0.6) is 0 Å². The molecule has 8 rings (SSSR count). The van der Waals surface area contributed by atoms with Gasteiger partial charge in [-0.25, -0.2) is 41.7 Å². The van der Waals surface area contributed by atoms with Crippen molar-refractivity contribution >= 4 is 81.8 Å². The maximum atomic E-state index is 15.6. The van der Waals surface area contributed by atoms with E-state index in [9.17, 15) is 32.3 Å². The fourth-order valence-electron chi connectivity index (χ4n) is 8.00. The summed E-state index contributed by atoms with van der Waals surface area (Å²) in [5.41, 5.74) is 24.0. The number of rotatable bonds is 12. The van der Waals surface area contributed by atoms with Gasteiger partial charge in [-0.05, 0) is 85.8 Å². The van der Waals surface area contributed by atoms with Crippen molar-refractivity contribution in [3.05, 3.63) is 142 Å². The van der Waals surface area contributed by atoms with Gasteiger partial charge in [-0.3, -0.25) is 19.3 Å². The second-order valence-corrected chi connectivity index (χ2v) is 17.8. The number of carboxylic acid groups (broad SMARTS) is 1. The van der Waals surface area contributed by atoms with Gasteiger partial charge in [-0.2, -0.15) is 9.98 Å². The minimum Gasteiger partial charge on any atom is -0.477 e. The minimum atomic E-state index is -1.62. The summed E-state index contributed by atoms with van der Waals surface area (Å²) >= 11 is 1.51. The lowest BCUT2D eigenvalue weighted by Crippen LogP contribution is -2.52. The van der Waals surface area contributed by atoms with Crippen LogP contribution in [0.2, 0.25) is 0 Å². The molecule has 2 aliphatic heterocycles. The number of nitrogens with two attached hydrogens (primary N) is 4. The second kappa shape index (κ2) is 22.9. The number of aromatic nitrogens is 2. The maximum Gasteiger partial charge on any atom is 0.341 e. The van der Waals surface area contributed by atoms with E-state index in [4.69, 9.17) is 22.9 Å². The van der Waals surface area contributed by atoms with Crippen molar-refractivity contribution in [2.75, 3.05) is 75.4 Å². The summed E-state index contributed by atoms with van der Waals surface area (Å²) in [6.07, 6.45) is 2.43. The van der Waals surface area contributed by atoms with Crippen molar-refractivity contribution in [3.8, 4) is 5.69 Å². The van der Waals surface area contributed by atoms with E-state index in [1.165, 1.54) is 23.9 Å². The van der Waals surface area contributed by atoms with Gasteiger partial charge >= 0.3 is 5.97 Å². The Bertz CT molecular complexity index is 3270. The molecule has 384 valence electrons. The Balaban J connectivity index is 0.816. The SMILES string of the molecule is CCN(/C=N/CN1CCN(/C(N)=N/C(N)=Nc2ccc(Sc3ccc(N=C(N)/N=C(\N)N4CCN(c5nc6c(cc5F)c(=O)c(C(=O)O)cn6-c5ccc(F)cc5F)CC4)cc3)cc2)CC1)c1ccc(F)cc1F. The third-order valence-corrected chi connectivity index (χ3v) is 12.8. The van der Waals surface area contributed by atoms with Gasteiger partial charge in [0, 0.05) is 87.0 Å². The van der Waals surface area contributed by atoms with Crippen molar-refractivity contribution in [3.63, 3.8) is 0 Å². The molecule has 9 N–H and O–H groups in total. The fraction of sp³-hybridized carbons (Fsp3) is 0.224. The monoisotopic (exact) mass is 1040 g/mol. The number of carboxylic acids is 1. The summed E-state index contributed by atoms with van der Waals surface area (Å²) in [5, 5.41) is 9.24. The van der Waals surface area contributed by atoms with E-state index < -0.39 is 51.4 Å². The first kappa shape index (κ1) is 51.8. The zero-order valence-electron chi connectivity index (χ0n) is 39.6. The van der Waals surface area contributed by atoms with Crippen LogP contribution in [0.1, 0.15) is 17.3 Å². The number of hydrogen-bond acceptors (Lipinski definition) is 9. The van der Waals surface area contributed by atoms with Crippen LogP contribution in [0.4, 0.5) is 44.8 Å². The van der Waals surface area contributed by atoms with E-state index in [1.54, 1.807) is 33.2 Å². The summed E-state index contributed by atoms with van der Waals surface area (Å²) in [7, 11) is 0. The molecule has 0 amide bonds. The highest BCUT2D eigenvalue weighted by molar-refractivity contribution is 7.99. The van der Waals surface area contributed by atoms with Crippen LogP contribution in [0.15, 0.2) is 137 Å². The molecule has 4 heterocycles. The molecule has 19 nitrogen and oxygen atoms in total. The first-order valence-electron chi connectivity index (χ1n) is 22.9. The smallest absolute Gasteiger partial charge is 0.341 e. The van der Waals surface area contributed by atoms with Gasteiger partial charge in [-0.1, -0.05) is 11.8 Å². The number of nitrogens with zero attached hydrogens (tertiary/aromatic N) is 12. The van der Waals surface area contributed by atoms with Gasteiger partial charge in [0.2, 0.25) is 17.3 Å². The Morgan fingerprint density at radius 3 is 1.78 bits per heavy atom. The number of piperazine rings is 2. The molecule has 25 heteroatoms. The van der Waals surface area contributed by atoms with Crippen LogP contribution >= 0.6 is 11.8 Å². The van der Waals surface area contributed by atoms with Gasteiger partial charge in [0.1, 0.15) is 28.8 Å². The maximum absolute atomic E-state index is 15.6. The predicted molar refractivity (Wildman–Crippen MR) is 277 cm³/mol. The molecule has 0 atom stereocenters. The highest BCUT2D eigenvalue weighted by atomic mass is 32.2. The Morgan fingerprint density at radius 2 is 1.26 bits per heavy atom. The Morgan fingerprint density at radius 1 is 0.716 bits per heavy atom. The van der Waals surface area contributed by atoms with Gasteiger partial charge in [0.05, 0.1) is 41.1 Å². The summed E-state index contributed by atoms with van der Waals surface area (Å²) in [6, 6.07) is 21.6. The van der Waals surface area contributed by atoms with E-state index in [0.29, 0.717) is 56.8 Å². The van der Waals surface area contributed by atoms with Crippen molar-refractivity contribution in [1.82, 2.24) is 24.3 Å². The molecule has 0 saturated carbocycles. The average molecular weight is 1040 g/mol. The lowest BCUT2D eigenvalue weighted by atomic mass is 10.1. The predicted octanol–water partition coefficient (Wildman–Crippen LogP) is 5.40. The normalized spacial score (nSPS) is 15.4. The molecule has 2 saturated heterocycles. The summed E-state index contributed by atoms with van der Waals surface area (Å²) in [4.78, 5) is 61.8. The van der Waals surface area contributed by atoms with Crippen LogP contribution in [-0.4, -0.2) is 131 Å². The van der Waals surface area contributed by atoms with Gasteiger partial charge in [0.15, 0.2) is 29.2 Å². The highest BCUT2D eigenvalue weighted by Gasteiger charge is 2.26. The largest absolute Gasteiger partial charge is 0.477 e. The van der Waals surface area contributed by atoms with Crippen molar-refractivity contribution < 1.29 is 31.9 Å². The third-order valence-electron chi connectivity index (χ3n) is 11.8. The Labute approximate surface area is 424 Å². The van der Waals surface area contributed by atoms with E-state index in [2.05, 4.69) is 34.8 Å². The number of anilines is 2. The molecule has 0 aliphatic carbocycles. The number of fused-ring (bicyclic) bond motifs is 1. The zero-order chi connectivity index (χ0) is 52.6. The standard InChI is InChI=1S/C49H49F5N16O3S/c1-2-66(40-13-3-29(50)23-37(40)52)28-59-27-65-15-17-68(18-16-65)48(57)63-46(55)60-31-5-9-33(10-6-31)74-34-11-7-32(8-12-34)61-47(56)64-49(58)69-21-19-67(20-22-69)44-39(54)25-35-42(71)36(45(72)73)26-70(43(35)62-44)41-14-4-30(51)24-38(41)53/h3-14,23-26,28H,2,15-22,27H2,1H3,(H,72,73)(H4,55,57,60,63)(H4,56,58,61,64)/b59-28+. The van der Waals surface area contributed by atoms with Crippen molar-refractivity contribution in [2.24, 2.45) is 47.9 Å². The van der Waals surface area contributed by atoms with E-state index in [1.807, 2.05) is 48.2 Å². The van der Waals surface area contributed by atoms with Crippen LogP contribution in [0.3, 0.4) is 0 Å². The summed E-state index contributed by atoms with van der Waals surface area (Å²) in [6.45, 7) is 6.06. The van der Waals surface area contributed by atoms with Gasteiger partial charge in [-0.15, -0.1) is 0 Å². The van der Waals surface area contributed by atoms with E-state index in [-0.39, 0.29) is 72.9 Å². The molecule has 0 spiro atoms. The first-order chi connectivity index (χ1) is 35.5. The van der Waals surface area contributed by atoms with Crippen LogP contribution < -0.4 is 38.2 Å². The number of guanidine groups is 4. The van der Waals surface area contributed by atoms with Crippen LogP contribution in [0, 0.1) is 29.1 Å². The lowest BCUT2D eigenvalue weighted by Gasteiger charge is -2.36. The Hall–Kier alpha value is -8.58. The first-order valence-corrected chi connectivity index (χ1v) is 23.7. The highest BCUT2D eigenvalue weighted by Crippen LogP contribution is 2.31. The number of pyridine rings is 2. The third kappa shape index (κ3) is 12.4. The minimum absolute atomic E-state index is 0.0000809. The number of carbonyl (C=O) groups is 1. The fourth-order valence-corrected chi connectivity index (χ4v) is 8.81. The van der Waals surface area contributed by atoms with Crippen LogP contribution in [-0.2, 0) is 0 Å². The molecule has 74 heavy (non-hydrogen) atoms. The van der Waals surface area contributed by atoms with Crippen molar-refractivity contribution in [2.45, 2.75) is 16.7 Å². The summed E-state index contributed by atoms with van der Waals surface area (Å²) in [5.74, 6) is -5.73.